The highest BCUT2D eigenvalue weighted by Crippen LogP contribution is 2.42. The monoisotopic (exact) mass is 292 g/mol. The molecule has 0 aliphatic heterocycles. The van der Waals surface area contributed by atoms with Crippen LogP contribution in [-0.4, -0.2) is 0 Å². The summed E-state index contributed by atoms with van der Waals surface area (Å²) in [7, 11) is -2.81. The molecule has 0 heterocycles. The fourth-order valence-corrected chi connectivity index (χ4v) is 5.53. The van der Waals surface area contributed by atoms with Crippen molar-refractivity contribution in [3.05, 3.63) is 90.5 Å². The van der Waals surface area contributed by atoms with Crippen LogP contribution in [0.1, 0.15) is 5.56 Å². The van der Waals surface area contributed by atoms with Gasteiger partial charge >= 0.3 is 0 Å². The Morgan fingerprint density at radius 3 is 1.52 bits per heavy atom. The molecular formula is C19H17OP. The zero-order valence-corrected chi connectivity index (χ0v) is 12.8. The first-order chi connectivity index (χ1) is 10.2. The standard InChI is InChI=1S/C19H17OP/c1-16-10-8-9-15-19(16)21(20,17-11-4-2-5-12-17)18-13-6-3-7-14-18/h2-15H,1H3. The van der Waals surface area contributed by atoms with Gasteiger partial charge < -0.3 is 4.57 Å². The fraction of sp³-hybridized carbons (Fsp3) is 0.0526. The van der Waals surface area contributed by atoms with Crippen LogP contribution in [0.25, 0.3) is 0 Å². The van der Waals surface area contributed by atoms with Crippen LogP contribution in [0.4, 0.5) is 0 Å². The van der Waals surface area contributed by atoms with Crippen molar-refractivity contribution < 1.29 is 4.57 Å². The van der Waals surface area contributed by atoms with Crippen molar-refractivity contribution >= 4 is 23.1 Å². The Hall–Kier alpha value is -2.11. The molecule has 0 saturated heterocycles. The molecule has 0 N–H and O–H groups in total. The zero-order valence-electron chi connectivity index (χ0n) is 11.9. The SMILES string of the molecule is Cc1ccccc1P(=O)(c1ccccc1)c1ccccc1. The van der Waals surface area contributed by atoms with E-state index < -0.39 is 7.14 Å². The summed E-state index contributed by atoms with van der Waals surface area (Å²) < 4.78 is 14.0. The van der Waals surface area contributed by atoms with Gasteiger partial charge in [0.05, 0.1) is 0 Å². The molecule has 0 unspecified atom stereocenters. The van der Waals surface area contributed by atoms with Crippen LogP contribution < -0.4 is 15.9 Å². The van der Waals surface area contributed by atoms with Crippen LogP contribution in [0.2, 0.25) is 0 Å². The van der Waals surface area contributed by atoms with Gasteiger partial charge in [0.1, 0.15) is 0 Å². The van der Waals surface area contributed by atoms with Gasteiger partial charge in [-0.05, 0) is 12.5 Å². The lowest BCUT2D eigenvalue weighted by Crippen LogP contribution is -2.26. The van der Waals surface area contributed by atoms with E-state index in [0.29, 0.717) is 0 Å². The Morgan fingerprint density at radius 1 is 0.619 bits per heavy atom. The van der Waals surface area contributed by atoms with Crippen molar-refractivity contribution in [1.82, 2.24) is 0 Å². The molecule has 0 spiro atoms. The third-order valence-electron chi connectivity index (χ3n) is 3.69. The van der Waals surface area contributed by atoms with E-state index in [0.717, 1.165) is 21.5 Å². The van der Waals surface area contributed by atoms with Gasteiger partial charge in [0.15, 0.2) is 7.14 Å². The topological polar surface area (TPSA) is 17.1 Å². The van der Waals surface area contributed by atoms with Crippen LogP contribution >= 0.6 is 7.14 Å². The Morgan fingerprint density at radius 2 is 1.05 bits per heavy atom. The molecule has 0 fully saturated rings. The second-order valence-corrected chi connectivity index (χ2v) is 7.80. The summed E-state index contributed by atoms with van der Waals surface area (Å²) in [6.07, 6.45) is 0. The third-order valence-corrected chi connectivity index (χ3v) is 6.93. The van der Waals surface area contributed by atoms with Crippen LogP contribution in [0.15, 0.2) is 84.9 Å². The Kier molecular flexibility index (Phi) is 3.77. The molecule has 3 aromatic carbocycles. The third kappa shape index (κ3) is 2.46. The molecule has 104 valence electrons. The normalized spacial score (nSPS) is 11.3. The van der Waals surface area contributed by atoms with E-state index in [1.54, 1.807) is 0 Å². The Bertz CT molecular complexity index is 735. The molecule has 0 amide bonds. The van der Waals surface area contributed by atoms with Crippen molar-refractivity contribution in [2.75, 3.05) is 0 Å². The van der Waals surface area contributed by atoms with Crippen LogP contribution in [0.3, 0.4) is 0 Å². The Balaban J connectivity index is 2.32. The molecule has 0 atom stereocenters. The summed E-state index contributed by atoms with van der Waals surface area (Å²) in [6.45, 7) is 2.02. The van der Waals surface area contributed by atoms with Crippen molar-refractivity contribution in [1.29, 1.82) is 0 Å². The van der Waals surface area contributed by atoms with Gasteiger partial charge in [-0.1, -0.05) is 84.9 Å². The molecule has 2 heteroatoms. The largest absolute Gasteiger partial charge is 0.309 e. The minimum Gasteiger partial charge on any atom is -0.309 e. The van der Waals surface area contributed by atoms with Crippen LogP contribution in [0, 0.1) is 6.92 Å². The van der Waals surface area contributed by atoms with E-state index >= 15 is 0 Å². The molecule has 0 aliphatic rings. The smallest absolute Gasteiger partial charge is 0.171 e. The van der Waals surface area contributed by atoms with E-state index in [2.05, 4.69) is 0 Å². The summed E-state index contributed by atoms with van der Waals surface area (Å²) >= 11 is 0. The van der Waals surface area contributed by atoms with Crippen molar-refractivity contribution in [3.63, 3.8) is 0 Å². The molecule has 0 aromatic heterocycles. The highest BCUT2D eigenvalue weighted by atomic mass is 31.2. The summed E-state index contributed by atoms with van der Waals surface area (Å²) in [4.78, 5) is 0. The lowest BCUT2D eigenvalue weighted by molar-refractivity contribution is 0.592. The van der Waals surface area contributed by atoms with Crippen molar-refractivity contribution in [2.24, 2.45) is 0 Å². The van der Waals surface area contributed by atoms with Crippen molar-refractivity contribution in [3.8, 4) is 0 Å². The lowest BCUT2D eigenvalue weighted by atomic mass is 10.2. The predicted octanol–water partition coefficient (Wildman–Crippen LogP) is 3.63. The van der Waals surface area contributed by atoms with Gasteiger partial charge in [-0.15, -0.1) is 0 Å². The van der Waals surface area contributed by atoms with Crippen LogP contribution in [0.5, 0.6) is 0 Å². The first-order valence-electron chi connectivity index (χ1n) is 7.00. The highest BCUT2D eigenvalue weighted by Gasteiger charge is 2.30. The van der Waals surface area contributed by atoms with E-state index in [1.165, 1.54) is 0 Å². The van der Waals surface area contributed by atoms with E-state index in [1.807, 2.05) is 91.9 Å². The van der Waals surface area contributed by atoms with Gasteiger partial charge in [0.25, 0.3) is 0 Å². The maximum absolute atomic E-state index is 14.0. The molecule has 3 aromatic rings. The average molecular weight is 292 g/mol. The van der Waals surface area contributed by atoms with Crippen molar-refractivity contribution in [2.45, 2.75) is 6.92 Å². The number of benzene rings is 3. The summed E-state index contributed by atoms with van der Waals surface area (Å²) in [5.74, 6) is 0. The zero-order chi connectivity index (χ0) is 14.7. The lowest BCUT2D eigenvalue weighted by Gasteiger charge is -2.21. The van der Waals surface area contributed by atoms with Crippen LogP contribution in [-0.2, 0) is 4.57 Å². The summed E-state index contributed by atoms with van der Waals surface area (Å²) in [6, 6.07) is 27.5. The molecule has 0 aliphatic carbocycles. The molecule has 0 radical (unpaired) electrons. The van der Waals surface area contributed by atoms with Gasteiger partial charge in [0.2, 0.25) is 0 Å². The predicted molar refractivity (Wildman–Crippen MR) is 90.6 cm³/mol. The molecule has 1 nitrogen and oxygen atoms in total. The number of hydrogen-bond donors (Lipinski definition) is 0. The summed E-state index contributed by atoms with van der Waals surface area (Å²) in [5.41, 5.74) is 1.06. The minimum absolute atomic E-state index is 0.880. The quantitative estimate of drug-likeness (QED) is 0.674. The second kappa shape index (κ2) is 5.71. The second-order valence-electron chi connectivity index (χ2n) is 5.07. The Labute approximate surface area is 125 Å². The maximum atomic E-state index is 14.0. The maximum Gasteiger partial charge on any atom is 0.171 e. The number of aryl methyl sites for hydroxylation is 1. The highest BCUT2D eigenvalue weighted by molar-refractivity contribution is 7.85. The van der Waals surface area contributed by atoms with E-state index in [-0.39, 0.29) is 0 Å². The minimum atomic E-state index is -2.81. The fourth-order valence-electron chi connectivity index (χ4n) is 2.62. The van der Waals surface area contributed by atoms with E-state index in [4.69, 9.17) is 0 Å². The molecule has 21 heavy (non-hydrogen) atoms. The number of hydrogen-bond acceptors (Lipinski definition) is 1. The molecular weight excluding hydrogens is 275 g/mol. The molecule has 3 rings (SSSR count). The number of rotatable bonds is 3. The van der Waals surface area contributed by atoms with E-state index in [9.17, 15) is 4.57 Å². The summed E-state index contributed by atoms with van der Waals surface area (Å²) in [5, 5.41) is 2.68. The molecule has 0 bridgehead atoms. The first kappa shape index (κ1) is 13.9. The molecule has 0 saturated carbocycles. The van der Waals surface area contributed by atoms with Gasteiger partial charge in [-0.2, -0.15) is 0 Å². The first-order valence-corrected chi connectivity index (χ1v) is 8.71. The van der Waals surface area contributed by atoms with Gasteiger partial charge in [0, 0.05) is 15.9 Å². The van der Waals surface area contributed by atoms with Gasteiger partial charge in [-0.25, -0.2) is 0 Å². The average Bonchev–Trinajstić information content (AvgIpc) is 2.56. The van der Waals surface area contributed by atoms with Gasteiger partial charge in [-0.3, -0.25) is 0 Å².